The number of hydrogen-bond acceptors (Lipinski definition) is 5. The number of benzene rings is 1. The van der Waals surface area contributed by atoms with Gasteiger partial charge in [0, 0.05) is 30.9 Å². The van der Waals surface area contributed by atoms with Gasteiger partial charge >= 0.3 is 6.18 Å². The molecule has 0 spiro atoms. The van der Waals surface area contributed by atoms with Gasteiger partial charge in [0.05, 0.1) is 18.2 Å². The predicted octanol–water partition coefficient (Wildman–Crippen LogP) is 2.87. The first-order chi connectivity index (χ1) is 14.5. The Hall–Kier alpha value is -2.30. The van der Waals surface area contributed by atoms with E-state index in [1.807, 2.05) is 24.0 Å². The molecule has 1 atom stereocenters. The van der Waals surface area contributed by atoms with E-state index in [-0.39, 0.29) is 19.2 Å². The zero-order valence-corrected chi connectivity index (χ0v) is 17.7. The molecule has 0 bridgehead atoms. The second kappa shape index (κ2) is 9.46. The molecule has 7 nitrogen and oxygen atoms in total. The van der Waals surface area contributed by atoms with Crippen molar-refractivity contribution in [2.75, 3.05) is 19.6 Å². The lowest BCUT2D eigenvalue weighted by atomic mass is 10.1. The van der Waals surface area contributed by atoms with Crippen LogP contribution in [-0.4, -0.2) is 57.5 Å². The second-order valence-corrected chi connectivity index (χ2v) is 8.09. The van der Waals surface area contributed by atoms with Crippen LogP contribution in [0.1, 0.15) is 34.5 Å². The van der Waals surface area contributed by atoms with E-state index in [2.05, 4.69) is 5.10 Å². The number of likely N-dealkylation sites (tertiary alicyclic amines) is 1. The van der Waals surface area contributed by atoms with E-state index >= 15 is 0 Å². The van der Waals surface area contributed by atoms with Gasteiger partial charge in [-0.3, -0.25) is 9.48 Å². The van der Waals surface area contributed by atoms with Crippen LogP contribution in [0.5, 0.6) is 5.75 Å². The van der Waals surface area contributed by atoms with Crippen LogP contribution in [-0.2, 0) is 12.7 Å². The monoisotopic (exact) mass is 460 g/mol. The van der Waals surface area contributed by atoms with Gasteiger partial charge < -0.3 is 20.5 Å². The molecule has 3 rings (SSSR count). The standard InChI is InChI=1S/C20H24ClF3N4O3/c1-12-8-13(21)2-3-17(12)31-15-4-6-27(7-5-15)9-14(29)10-28-11-16(19(25)30)18(26-28)20(22,23)24/h2-3,8,11,14-15,29H,4-7,9-10H2,1H3,(H2,25,30)/t14-/m1/s1. The molecule has 1 aliphatic rings. The third kappa shape index (κ3) is 6.11. The van der Waals surface area contributed by atoms with Gasteiger partial charge in [-0.1, -0.05) is 11.6 Å². The van der Waals surface area contributed by atoms with Crippen molar-refractivity contribution in [2.24, 2.45) is 5.73 Å². The Bertz CT molecular complexity index is 927. The third-order valence-corrected chi connectivity index (χ3v) is 5.36. The fourth-order valence-electron chi connectivity index (χ4n) is 3.61. The number of aliphatic hydroxyl groups is 1. The zero-order chi connectivity index (χ0) is 22.8. The van der Waals surface area contributed by atoms with Gasteiger partial charge in [0.25, 0.3) is 5.91 Å². The van der Waals surface area contributed by atoms with Crippen molar-refractivity contribution < 1.29 is 27.8 Å². The lowest BCUT2D eigenvalue weighted by molar-refractivity contribution is -0.141. The average Bonchev–Trinajstić information content (AvgIpc) is 3.10. The number of aromatic nitrogens is 2. The Morgan fingerprint density at radius 3 is 2.58 bits per heavy atom. The summed E-state index contributed by atoms with van der Waals surface area (Å²) in [6.07, 6.45) is -3.31. The number of carbonyl (C=O) groups is 1. The van der Waals surface area contributed by atoms with Crippen LogP contribution in [0.2, 0.25) is 5.02 Å². The molecule has 31 heavy (non-hydrogen) atoms. The highest BCUT2D eigenvalue weighted by atomic mass is 35.5. The summed E-state index contributed by atoms with van der Waals surface area (Å²) in [6, 6.07) is 5.46. The smallest absolute Gasteiger partial charge is 0.435 e. The van der Waals surface area contributed by atoms with E-state index in [0.717, 1.165) is 35.0 Å². The van der Waals surface area contributed by atoms with Crippen LogP contribution in [0.15, 0.2) is 24.4 Å². The maximum absolute atomic E-state index is 13.0. The molecule has 1 aromatic carbocycles. The maximum Gasteiger partial charge on any atom is 0.435 e. The van der Waals surface area contributed by atoms with Gasteiger partial charge in [0.1, 0.15) is 11.9 Å². The summed E-state index contributed by atoms with van der Waals surface area (Å²) < 4.78 is 45.9. The van der Waals surface area contributed by atoms with E-state index in [1.54, 1.807) is 6.07 Å². The summed E-state index contributed by atoms with van der Waals surface area (Å²) in [4.78, 5) is 13.3. The molecule has 3 N–H and O–H groups in total. The number of ether oxygens (including phenoxy) is 1. The molecule has 0 radical (unpaired) electrons. The summed E-state index contributed by atoms with van der Waals surface area (Å²) in [5, 5.41) is 14.4. The highest BCUT2D eigenvalue weighted by Crippen LogP contribution is 2.30. The lowest BCUT2D eigenvalue weighted by Crippen LogP contribution is -2.42. The number of nitrogens with two attached hydrogens (primary N) is 1. The first-order valence-electron chi connectivity index (χ1n) is 9.80. The normalized spacial score (nSPS) is 17.0. The molecular weight excluding hydrogens is 437 g/mol. The molecule has 170 valence electrons. The molecule has 1 fully saturated rings. The molecular formula is C20H24ClF3N4O3. The summed E-state index contributed by atoms with van der Waals surface area (Å²) in [6.45, 7) is 3.36. The van der Waals surface area contributed by atoms with Crippen LogP contribution < -0.4 is 10.5 Å². The zero-order valence-electron chi connectivity index (χ0n) is 16.9. The van der Waals surface area contributed by atoms with Gasteiger partial charge in [0.15, 0.2) is 5.69 Å². The minimum absolute atomic E-state index is 0.0341. The van der Waals surface area contributed by atoms with Crippen molar-refractivity contribution in [3.63, 3.8) is 0 Å². The summed E-state index contributed by atoms with van der Waals surface area (Å²) in [7, 11) is 0. The fraction of sp³-hybridized carbons (Fsp3) is 0.500. The van der Waals surface area contributed by atoms with Crippen molar-refractivity contribution in [1.82, 2.24) is 14.7 Å². The molecule has 1 aliphatic heterocycles. The van der Waals surface area contributed by atoms with Crippen molar-refractivity contribution >= 4 is 17.5 Å². The number of rotatable bonds is 7. The SMILES string of the molecule is Cc1cc(Cl)ccc1OC1CCN(C[C@@H](O)Cn2cc(C(N)=O)c(C(F)(F)F)n2)CC1. The minimum atomic E-state index is -4.80. The number of piperidine rings is 1. The fourth-order valence-corrected chi connectivity index (χ4v) is 3.84. The van der Waals surface area contributed by atoms with Gasteiger partial charge in [-0.15, -0.1) is 0 Å². The van der Waals surface area contributed by atoms with Gasteiger partial charge in [-0.25, -0.2) is 0 Å². The molecule has 0 aliphatic carbocycles. The number of aliphatic hydroxyl groups excluding tert-OH is 1. The molecule has 1 aromatic heterocycles. The minimum Gasteiger partial charge on any atom is -0.490 e. The first-order valence-corrected chi connectivity index (χ1v) is 10.2. The molecule has 2 heterocycles. The first kappa shape index (κ1) is 23.4. The average molecular weight is 461 g/mol. The Labute approximate surface area is 182 Å². The quantitative estimate of drug-likeness (QED) is 0.662. The van der Waals surface area contributed by atoms with E-state index in [1.165, 1.54) is 0 Å². The topological polar surface area (TPSA) is 93.6 Å². The molecule has 2 aromatic rings. The van der Waals surface area contributed by atoms with Crippen LogP contribution in [0.4, 0.5) is 13.2 Å². The number of halogens is 4. The number of β-amino-alcohol motifs (C(OH)–C–C–N with tert-alkyl or cyclic N) is 1. The highest BCUT2D eigenvalue weighted by molar-refractivity contribution is 6.30. The summed E-state index contributed by atoms with van der Waals surface area (Å²) in [5.74, 6) is -0.432. The van der Waals surface area contributed by atoms with Gasteiger partial charge in [-0.2, -0.15) is 18.3 Å². The predicted molar refractivity (Wildman–Crippen MR) is 108 cm³/mol. The number of carbonyl (C=O) groups excluding carboxylic acids is 1. The van der Waals surface area contributed by atoms with Gasteiger partial charge in [-0.05, 0) is 43.5 Å². The number of aryl methyl sites for hydroxylation is 1. The Morgan fingerprint density at radius 1 is 1.35 bits per heavy atom. The number of primary amides is 1. The lowest BCUT2D eigenvalue weighted by Gasteiger charge is -2.33. The largest absolute Gasteiger partial charge is 0.490 e. The van der Waals surface area contributed by atoms with E-state index < -0.39 is 29.4 Å². The molecule has 0 saturated carbocycles. The van der Waals surface area contributed by atoms with Crippen LogP contribution in [0.3, 0.4) is 0 Å². The Kier molecular flexibility index (Phi) is 7.13. The molecule has 11 heteroatoms. The second-order valence-electron chi connectivity index (χ2n) is 7.66. The Balaban J connectivity index is 1.51. The summed E-state index contributed by atoms with van der Waals surface area (Å²) in [5.41, 5.74) is 3.91. The van der Waals surface area contributed by atoms with Crippen molar-refractivity contribution in [3.8, 4) is 5.75 Å². The van der Waals surface area contributed by atoms with E-state index in [4.69, 9.17) is 22.1 Å². The summed E-state index contributed by atoms with van der Waals surface area (Å²) >= 11 is 5.96. The third-order valence-electron chi connectivity index (χ3n) is 5.13. The Morgan fingerprint density at radius 2 is 2.03 bits per heavy atom. The van der Waals surface area contributed by atoms with Crippen LogP contribution in [0, 0.1) is 6.92 Å². The van der Waals surface area contributed by atoms with Crippen LogP contribution in [0.25, 0.3) is 0 Å². The molecule has 0 unspecified atom stereocenters. The highest BCUT2D eigenvalue weighted by Gasteiger charge is 2.39. The maximum atomic E-state index is 13.0. The van der Waals surface area contributed by atoms with Crippen molar-refractivity contribution in [1.29, 1.82) is 0 Å². The number of nitrogens with zero attached hydrogens (tertiary/aromatic N) is 3. The van der Waals surface area contributed by atoms with Crippen LogP contribution >= 0.6 is 11.6 Å². The van der Waals surface area contributed by atoms with Crippen molar-refractivity contribution in [3.05, 3.63) is 46.2 Å². The number of hydrogen-bond donors (Lipinski definition) is 2. The molecule has 1 amide bonds. The van der Waals surface area contributed by atoms with E-state index in [0.29, 0.717) is 18.1 Å². The number of amides is 1. The van der Waals surface area contributed by atoms with E-state index in [9.17, 15) is 23.1 Å². The number of alkyl halides is 3. The van der Waals surface area contributed by atoms with Crippen molar-refractivity contribution in [2.45, 2.75) is 44.7 Å². The van der Waals surface area contributed by atoms with Gasteiger partial charge in [0.2, 0.25) is 0 Å². The molecule has 1 saturated heterocycles.